The van der Waals surface area contributed by atoms with Gasteiger partial charge in [-0.1, -0.05) is 19.1 Å². The van der Waals surface area contributed by atoms with E-state index in [0.717, 1.165) is 12.0 Å². The Balaban J connectivity index is 2.56. The average molecular weight is 219 g/mol. The van der Waals surface area contributed by atoms with E-state index < -0.39 is 0 Å². The van der Waals surface area contributed by atoms with E-state index in [1.165, 1.54) is 0 Å². The van der Waals surface area contributed by atoms with E-state index in [1.807, 2.05) is 6.92 Å². The van der Waals surface area contributed by atoms with E-state index in [0.29, 0.717) is 17.7 Å². The molecule has 0 aliphatic carbocycles. The van der Waals surface area contributed by atoms with Crippen molar-refractivity contribution in [2.45, 2.75) is 19.9 Å². The molecule has 2 aromatic heterocycles. The zero-order valence-corrected chi connectivity index (χ0v) is 9.03. The van der Waals surface area contributed by atoms with Gasteiger partial charge in [0.05, 0.1) is 6.33 Å². The maximum absolute atomic E-state index is 11.5. The fraction of sp³-hybridized carbons (Fsp3) is 0.300. The van der Waals surface area contributed by atoms with E-state index >= 15 is 0 Å². The molecule has 84 valence electrons. The van der Waals surface area contributed by atoms with Crippen molar-refractivity contribution < 1.29 is 0 Å². The normalized spacial score (nSPS) is 10.8. The van der Waals surface area contributed by atoms with Crippen molar-refractivity contribution in [1.29, 1.82) is 0 Å². The number of nitrogens with two attached hydrogens (primary N) is 1. The van der Waals surface area contributed by atoms with Crippen molar-refractivity contribution in [2.75, 3.05) is 5.73 Å². The number of imidazole rings is 1. The molecule has 0 saturated heterocycles. The van der Waals surface area contributed by atoms with E-state index in [1.54, 1.807) is 10.9 Å². The Morgan fingerprint density at radius 1 is 1.69 bits per heavy atom. The molecule has 3 N–H and O–H groups in total. The second-order valence-electron chi connectivity index (χ2n) is 3.60. The van der Waals surface area contributed by atoms with E-state index in [9.17, 15) is 4.79 Å². The van der Waals surface area contributed by atoms with Crippen LogP contribution < -0.4 is 11.3 Å². The lowest BCUT2D eigenvalue weighted by Gasteiger charge is -2.04. The van der Waals surface area contributed by atoms with Crippen molar-refractivity contribution >= 4 is 17.1 Å². The molecule has 2 aromatic rings. The fourth-order valence-corrected chi connectivity index (χ4v) is 1.44. The highest BCUT2D eigenvalue weighted by Gasteiger charge is 2.09. The van der Waals surface area contributed by atoms with Gasteiger partial charge in [0.1, 0.15) is 0 Å². The highest BCUT2D eigenvalue weighted by molar-refractivity contribution is 5.70. The molecule has 6 nitrogen and oxygen atoms in total. The zero-order valence-electron chi connectivity index (χ0n) is 9.03. The molecule has 0 radical (unpaired) electrons. The number of nitrogens with zero attached hydrogens (tertiary/aromatic N) is 3. The van der Waals surface area contributed by atoms with Crippen LogP contribution in [0.4, 0.5) is 5.95 Å². The number of hydrogen-bond acceptors (Lipinski definition) is 4. The van der Waals surface area contributed by atoms with Crippen LogP contribution in [0.2, 0.25) is 0 Å². The molecule has 0 unspecified atom stereocenters. The summed E-state index contributed by atoms with van der Waals surface area (Å²) in [6.45, 7) is 6.53. The quantitative estimate of drug-likeness (QED) is 0.742. The third-order valence-electron chi connectivity index (χ3n) is 2.39. The zero-order chi connectivity index (χ0) is 11.7. The summed E-state index contributed by atoms with van der Waals surface area (Å²) in [5.41, 5.74) is 7.01. The molecular weight excluding hydrogens is 206 g/mol. The van der Waals surface area contributed by atoms with Crippen LogP contribution >= 0.6 is 0 Å². The lowest BCUT2D eigenvalue weighted by atomic mass is 10.2. The monoisotopic (exact) mass is 219 g/mol. The van der Waals surface area contributed by atoms with Crippen LogP contribution in [0.5, 0.6) is 0 Å². The summed E-state index contributed by atoms with van der Waals surface area (Å²) in [5.74, 6) is 0.0985. The van der Waals surface area contributed by atoms with Gasteiger partial charge in [-0.05, 0) is 6.42 Å². The van der Waals surface area contributed by atoms with Crippen molar-refractivity contribution in [3.63, 3.8) is 0 Å². The average Bonchev–Trinajstić information content (AvgIpc) is 2.61. The molecule has 2 heterocycles. The first-order chi connectivity index (χ1) is 7.61. The van der Waals surface area contributed by atoms with E-state index in [4.69, 9.17) is 5.73 Å². The predicted molar refractivity (Wildman–Crippen MR) is 62.0 cm³/mol. The lowest BCUT2D eigenvalue weighted by Crippen LogP contribution is -2.12. The van der Waals surface area contributed by atoms with Gasteiger partial charge in [-0.3, -0.25) is 9.78 Å². The van der Waals surface area contributed by atoms with Gasteiger partial charge in [0.2, 0.25) is 5.95 Å². The van der Waals surface area contributed by atoms with Gasteiger partial charge in [0, 0.05) is 6.54 Å². The molecule has 0 amide bonds. The summed E-state index contributed by atoms with van der Waals surface area (Å²) in [4.78, 5) is 22.0. The Hall–Kier alpha value is -2.11. The second kappa shape index (κ2) is 3.80. The Kier molecular flexibility index (Phi) is 2.47. The Labute approximate surface area is 91.8 Å². The number of aromatic amines is 1. The van der Waals surface area contributed by atoms with Crippen LogP contribution in [0.1, 0.15) is 13.3 Å². The number of rotatable bonds is 3. The minimum atomic E-state index is -0.316. The molecule has 0 aliphatic rings. The summed E-state index contributed by atoms with van der Waals surface area (Å²) in [5, 5.41) is 0. The molecule has 0 spiro atoms. The number of nitrogens with one attached hydrogen (secondary N) is 1. The van der Waals surface area contributed by atoms with Gasteiger partial charge < -0.3 is 10.3 Å². The second-order valence-corrected chi connectivity index (χ2v) is 3.60. The number of aromatic nitrogens is 4. The topological polar surface area (TPSA) is 89.6 Å². The van der Waals surface area contributed by atoms with Crippen LogP contribution in [0.3, 0.4) is 0 Å². The van der Waals surface area contributed by atoms with Crippen molar-refractivity contribution in [1.82, 2.24) is 19.5 Å². The molecule has 0 bridgehead atoms. The van der Waals surface area contributed by atoms with Crippen LogP contribution in [0.15, 0.2) is 23.3 Å². The first-order valence-electron chi connectivity index (χ1n) is 4.99. The molecule has 0 aromatic carbocycles. The highest BCUT2D eigenvalue weighted by atomic mass is 16.1. The third kappa shape index (κ3) is 1.69. The summed E-state index contributed by atoms with van der Waals surface area (Å²) in [6.07, 6.45) is 2.45. The third-order valence-corrected chi connectivity index (χ3v) is 2.39. The van der Waals surface area contributed by atoms with Crippen LogP contribution in [0, 0.1) is 0 Å². The van der Waals surface area contributed by atoms with Gasteiger partial charge >= 0.3 is 0 Å². The van der Waals surface area contributed by atoms with Crippen LogP contribution in [-0.4, -0.2) is 19.5 Å². The lowest BCUT2D eigenvalue weighted by molar-refractivity contribution is 0.773. The Morgan fingerprint density at radius 2 is 2.44 bits per heavy atom. The number of allylic oxidation sites excluding steroid dienone is 1. The summed E-state index contributed by atoms with van der Waals surface area (Å²) in [7, 11) is 0. The molecule has 0 aliphatic heterocycles. The van der Waals surface area contributed by atoms with Crippen LogP contribution in [-0.2, 0) is 6.54 Å². The fourth-order valence-electron chi connectivity index (χ4n) is 1.44. The van der Waals surface area contributed by atoms with Crippen molar-refractivity contribution in [3.8, 4) is 0 Å². The van der Waals surface area contributed by atoms with Gasteiger partial charge in [-0.2, -0.15) is 4.98 Å². The summed E-state index contributed by atoms with van der Waals surface area (Å²) in [6, 6.07) is 0. The Morgan fingerprint density at radius 3 is 3.12 bits per heavy atom. The molecular formula is C10H13N5O. The Bertz CT molecular complexity index is 595. The number of H-pyrrole nitrogens is 1. The van der Waals surface area contributed by atoms with E-state index in [-0.39, 0.29) is 11.5 Å². The number of nitrogen functional groups attached to an aromatic ring is 1. The van der Waals surface area contributed by atoms with Gasteiger partial charge in [0.15, 0.2) is 11.2 Å². The predicted octanol–water partition coefficient (Wildman–Crippen LogP) is 0.668. The molecule has 0 atom stereocenters. The highest BCUT2D eigenvalue weighted by Crippen LogP contribution is 2.09. The maximum atomic E-state index is 11.5. The minimum Gasteiger partial charge on any atom is -0.369 e. The van der Waals surface area contributed by atoms with Crippen molar-refractivity contribution in [3.05, 3.63) is 28.8 Å². The van der Waals surface area contributed by atoms with Gasteiger partial charge in [0.25, 0.3) is 5.56 Å². The maximum Gasteiger partial charge on any atom is 0.280 e. The van der Waals surface area contributed by atoms with Gasteiger partial charge in [-0.15, -0.1) is 0 Å². The molecule has 0 saturated carbocycles. The number of fused-ring (bicyclic) bond motifs is 1. The van der Waals surface area contributed by atoms with Gasteiger partial charge in [-0.25, -0.2) is 4.98 Å². The molecule has 2 rings (SSSR count). The first kappa shape index (κ1) is 10.4. The number of anilines is 1. The number of hydrogen-bond donors (Lipinski definition) is 2. The molecule has 0 fully saturated rings. The smallest absolute Gasteiger partial charge is 0.280 e. The standard InChI is InChI=1S/C10H13N5O/c1-3-6(2)4-15-5-12-7-8(15)13-10(11)14-9(7)16/h5H,2-4H2,1H3,(H3,11,13,14,16). The molecule has 6 heteroatoms. The summed E-state index contributed by atoms with van der Waals surface area (Å²) >= 11 is 0. The first-order valence-corrected chi connectivity index (χ1v) is 4.99. The largest absolute Gasteiger partial charge is 0.369 e. The van der Waals surface area contributed by atoms with Crippen molar-refractivity contribution in [2.24, 2.45) is 0 Å². The SMILES string of the molecule is C=C(CC)Cn1cnc2c(=O)[nH]c(N)nc21. The van der Waals surface area contributed by atoms with Crippen LogP contribution in [0.25, 0.3) is 11.2 Å². The minimum absolute atomic E-state index is 0.0985. The molecule has 16 heavy (non-hydrogen) atoms. The van der Waals surface area contributed by atoms with E-state index in [2.05, 4.69) is 21.5 Å². The summed E-state index contributed by atoms with van der Waals surface area (Å²) < 4.78 is 1.77.